The van der Waals surface area contributed by atoms with Crippen LogP contribution in [0.15, 0.2) is 50.2 Å². The predicted octanol–water partition coefficient (Wildman–Crippen LogP) is 5.00. The number of carbonyl (C=O) groups excluding carboxylic acids is 1. The number of halogens is 5. The van der Waals surface area contributed by atoms with Crippen LogP contribution in [0, 0.1) is 12.7 Å². The summed E-state index contributed by atoms with van der Waals surface area (Å²) in [6, 6.07) is 7.25. The Morgan fingerprint density at radius 3 is 2.45 bits per heavy atom. The Bertz CT molecular complexity index is 1290. The number of hydrogen-bond acceptors (Lipinski definition) is 5. The second-order valence-electron chi connectivity index (χ2n) is 8.31. The van der Waals surface area contributed by atoms with Crippen molar-refractivity contribution in [3.63, 3.8) is 0 Å². The number of anilines is 1. The van der Waals surface area contributed by atoms with Gasteiger partial charge in [-0.15, -0.1) is 0 Å². The van der Waals surface area contributed by atoms with Crippen LogP contribution in [-0.2, 0) is 10.2 Å². The third-order valence-corrected chi connectivity index (χ3v) is 6.04. The molecule has 0 aliphatic rings. The maximum atomic E-state index is 14.0. The molecule has 0 saturated heterocycles. The number of hydrogen-bond donors (Lipinski definition) is 2. The zero-order valence-electron chi connectivity index (χ0n) is 17.7. The van der Waals surface area contributed by atoms with E-state index in [0.717, 1.165) is 12.1 Å². The summed E-state index contributed by atoms with van der Waals surface area (Å²) in [6.07, 6.45) is -6.43. The lowest BCUT2D eigenvalue weighted by molar-refractivity contribution is -0.254. The monoisotopic (exact) mass is 530 g/mol. The standard InChI is InChI=1S/C22H19BrF4N2O4/c1-11-15-9-13(5-6-14(15)18(30)33-29-11)28-19(31)21(32,22(25,26)27)10-20(2,3)16-8-12(24)4-7-17(16)23/h4-9,32H,10H2,1-3H3,(H,28,31). The highest BCUT2D eigenvalue weighted by atomic mass is 79.9. The van der Waals surface area contributed by atoms with Crippen LogP contribution in [0.4, 0.5) is 23.2 Å². The molecule has 6 nitrogen and oxygen atoms in total. The molecule has 0 aliphatic carbocycles. The molecular weight excluding hydrogens is 512 g/mol. The molecule has 2 N–H and O–H groups in total. The SMILES string of the molecule is Cc1noc(=O)c2ccc(NC(=O)C(O)(CC(C)(C)c3cc(F)ccc3Br)C(F)(F)F)cc12. The number of nitrogens with zero attached hydrogens (tertiary/aromatic N) is 1. The average molecular weight is 531 g/mol. The molecule has 1 aromatic heterocycles. The summed E-state index contributed by atoms with van der Waals surface area (Å²) in [5.41, 5.74) is -5.68. The van der Waals surface area contributed by atoms with E-state index >= 15 is 0 Å². The quantitative estimate of drug-likeness (QED) is 0.453. The minimum atomic E-state index is -5.34. The highest BCUT2D eigenvalue weighted by Crippen LogP contribution is 2.43. The number of amides is 1. The molecule has 3 aromatic rings. The van der Waals surface area contributed by atoms with Crippen LogP contribution in [0.25, 0.3) is 10.8 Å². The Labute approximate surface area is 193 Å². The van der Waals surface area contributed by atoms with Crippen LogP contribution >= 0.6 is 15.9 Å². The maximum absolute atomic E-state index is 14.0. The predicted molar refractivity (Wildman–Crippen MR) is 116 cm³/mol. The maximum Gasteiger partial charge on any atom is 0.426 e. The third-order valence-electron chi connectivity index (χ3n) is 5.35. The van der Waals surface area contributed by atoms with Crippen LogP contribution < -0.4 is 10.9 Å². The zero-order valence-corrected chi connectivity index (χ0v) is 19.3. The third kappa shape index (κ3) is 4.79. The van der Waals surface area contributed by atoms with Crippen molar-refractivity contribution in [2.24, 2.45) is 0 Å². The molecule has 0 saturated carbocycles. The summed E-state index contributed by atoms with van der Waals surface area (Å²) in [5, 5.41) is 16.6. The number of carbonyl (C=O) groups is 1. The van der Waals surface area contributed by atoms with E-state index in [-0.39, 0.29) is 27.7 Å². The molecule has 0 spiro atoms. The lowest BCUT2D eigenvalue weighted by atomic mass is 9.74. The van der Waals surface area contributed by atoms with Gasteiger partial charge in [0.1, 0.15) is 5.82 Å². The van der Waals surface area contributed by atoms with E-state index < -0.39 is 41.0 Å². The fourth-order valence-electron chi connectivity index (χ4n) is 3.60. The normalized spacial score (nSPS) is 14.2. The number of nitrogens with one attached hydrogen (secondary N) is 1. The van der Waals surface area contributed by atoms with Crippen molar-refractivity contribution in [2.45, 2.75) is 44.4 Å². The molecule has 1 amide bonds. The average Bonchev–Trinajstić information content (AvgIpc) is 2.71. The number of benzene rings is 2. The summed E-state index contributed by atoms with van der Waals surface area (Å²) >= 11 is 3.18. The van der Waals surface area contributed by atoms with Gasteiger partial charge in [-0.2, -0.15) is 13.2 Å². The Morgan fingerprint density at radius 2 is 1.82 bits per heavy atom. The molecule has 3 rings (SSSR count). The van der Waals surface area contributed by atoms with Crippen LogP contribution in [0.2, 0.25) is 0 Å². The second-order valence-corrected chi connectivity index (χ2v) is 9.17. The van der Waals surface area contributed by atoms with E-state index in [1.165, 1.54) is 45.0 Å². The molecule has 0 aliphatic heterocycles. The molecule has 176 valence electrons. The van der Waals surface area contributed by atoms with Gasteiger partial charge < -0.3 is 14.9 Å². The van der Waals surface area contributed by atoms with Gasteiger partial charge in [0.05, 0.1) is 11.1 Å². The van der Waals surface area contributed by atoms with Gasteiger partial charge in [0, 0.05) is 22.0 Å². The first-order valence-electron chi connectivity index (χ1n) is 9.62. The van der Waals surface area contributed by atoms with Crippen molar-refractivity contribution in [1.82, 2.24) is 5.16 Å². The van der Waals surface area contributed by atoms with Crippen molar-refractivity contribution in [3.8, 4) is 0 Å². The first-order chi connectivity index (χ1) is 15.2. The van der Waals surface area contributed by atoms with Gasteiger partial charge in [-0.25, -0.2) is 9.18 Å². The first-order valence-corrected chi connectivity index (χ1v) is 10.4. The van der Waals surface area contributed by atoms with Crippen molar-refractivity contribution in [3.05, 3.63) is 68.4 Å². The lowest BCUT2D eigenvalue weighted by Crippen LogP contribution is -2.57. The Morgan fingerprint density at radius 1 is 1.15 bits per heavy atom. The molecular formula is C22H19BrF4N2O4. The molecule has 0 radical (unpaired) electrons. The van der Waals surface area contributed by atoms with E-state index in [0.29, 0.717) is 4.47 Å². The van der Waals surface area contributed by atoms with Gasteiger partial charge in [-0.05, 0) is 54.3 Å². The van der Waals surface area contributed by atoms with E-state index in [1.54, 1.807) is 0 Å². The minimum Gasteiger partial charge on any atom is -0.373 e. The van der Waals surface area contributed by atoms with E-state index in [2.05, 4.69) is 30.9 Å². The Balaban J connectivity index is 1.99. The van der Waals surface area contributed by atoms with E-state index in [4.69, 9.17) is 0 Å². The van der Waals surface area contributed by atoms with Crippen LogP contribution in [0.5, 0.6) is 0 Å². The number of rotatable bonds is 5. The number of aryl methyl sites for hydroxylation is 1. The zero-order chi connectivity index (χ0) is 24.8. The summed E-state index contributed by atoms with van der Waals surface area (Å²) < 4.78 is 60.7. The smallest absolute Gasteiger partial charge is 0.373 e. The van der Waals surface area contributed by atoms with E-state index in [1.807, 2.05) is 0 Å². The fourth-order valence-corrected chi connectivity index (χ4v) is 4.39. The molecule has 0 bridgehead atoms. The van der Waals surface area contributed by atoms with Crippen molar-refractivity contribution >= 4 is 38.3 Å². The molecule has 2 aromatic carbocycles. The first kappa shape index (κ1) is 24.8. The van der Waals surface area contributed by atoms with Crippen LogP contribution in [0.1, 0.15) is 31.5 Å². The molecule has 0 fully saturated rings. The second kappa shape index (κ2) is 8.53. The molecule has 1 heterocycles. The van der Waals surface area contributed by atoms with Crippen LogP contribution in [0.3, 0.4) is 0 Å². The summed E-state index contributed by atoms with van der Waals surface area (Å²) in [5.74, 6) is -2.39. The number of alkyl halides is 3. The van der Waals surface area contributed by atoms with Gasteiger partial charge in [-0.3, -0.25) is 4.79 Å². The Hall–Kier alpha value is -2.79. The number of aromatic nitrogens is 1. The highest BCUT2D eigenvalue weighted by molar-refractivity contribution is 9.10. The summed E-state index contributed by atoms with van der Waals surface area (Å²) in [6.45, 7) is 4.24. The summed E-state index contributed by atoms with van der Waals surface area (Å²) in [7, 11) is 0. The largest absolute Gasteiger partial charge is 0.426 e. The topological polar surface area (TPSA) is 92.4 Å². The highest BCUT2D eigenvalue weighted by Gasteiger charge is 2.61. The Kier molecular flexibility index (Phi) is 6.42. The van der Waals surface area contributed by atoms with Crippen molar-refractivity contribution < 1.29 is 32.0 Å². The van der Waals surface area contributed by atoms with Crippen molar-refractivity contribution in [1.29, 1.82) is 0 Å². The van der Waals surface area contributed by atoms with Gasteiger partial charge in [-0.1, -0.05) is 34.9 Å². The van der Waals surface area contributed by atoms with Gasteiger partial charge in [0.25, 0.3) is 5.91 Å². The van der Waals surface area contributed by atoms with Gasteiger partial charge in [0.15, 0.2) is 0 Å². The van der Waals surface area contributed by atoms with Crippen LogP contribution in [-0.4, -0.2) is 27.9 Å². The molecule has 1 atom stereocenters. The molecule has 33 heavy (non-hydrogen) atoms. The summed E-state index contributed by atoms with van der Waals surface area (Å²) in [4.78, 5) is 24.5. The minimum absolute atomic E-state index is 0.0876. The van der Waals surface area contributed by atoms with Gasteiger partial charge in [0.2, 0.25) is 5.60 Å². The fraction of sp³-hybridized carbons (Fsp3) is 0.318. The number of fused-ring (bicyclic) bond motifs is 1. The van der Waals surface area contributed by atoms with Crippen molar-refractivity contribution in [2.75, 3.05) is 5.32 Å². The molecule has 1 unspecified atom stereocenters. The molecule has 11 heteroatoms. The van der Waals surface area contributed by atoms with E-state index in [9.17, 15) is 32.3 Å². The lowest BCUT2D eigenvalue weighted by Gasteiger charge is -2.37. The van der Waals surface area contributed by atoms with Gasteiger partial charge >= 0.3 is 11.8 Å². The number of aliphatic hydroxyl groups is 1.